The van der Waals surface area contributed by atoms with E-state index in [2.05, 4.69) is 40.4 Å². The van der Waals surface area contributed by atoms with Gasteiger partial charge in [-0.1, -0.05) is 13.8 Å². The summed E-state index contributed by atoms with van der Waals surface area (Å²) in [4.78, 5) is 12.3. The molecule has 0 aliphatic heterocycles. The van der Waals surface area contributed by atoms with Gasteiger partial charge in [0.25, 0.3) is 5.91 Å². The summed E-state index contributed by atoms with van der Waals surface area (Å²) in [5.41, 5.74) is 1.03. The molecule has 0 fully saturated rings. The highest BCUT2D eigenvalue weighted by Gasteiger charge is 2.11. The molecule has 138 valence electrons. The molecule has 0 aliphatic carbocycles. The van der Waals surface area contributed by atoms with E-state index < -0.39 is 0 Å². The molecule has 2 aromatic carbocycles. The Balaban J connectivity index is 1.93. The number of nitrogens with one attached hydrogen (secondary N) is 2. The lowest BCUT2D eigenvalue weighted by Crippen LogP contribution is -2.34. The normalized spacial score (nSPS) is 10.5. The van der Waals surface area contributed by atoms with Crippen LogP contribution in [0.3, 0.4) is 0 Å². The van der Waals surface area contributed by atoms with E-state index in [1.807, 2.05) is 0 Å². The highest BCUT2D eigenvalue weighted by molar-refractivity contribution is 9.10. The molecule has 0 bridgehead atoms. The number of rotatable bonds is 6. The lowest BCUT2D eigenvalue weighted by Gasteiger charge is -2.12. The van der Waals surface area contributed by atoms with Crippen LogP contribution in [0.15, 0.2) is 46.9 Å². The zero-order valence-electron chi connectivity index (χ0n) is 14.5. The van der Waals surface area contributed by atoms with Crippen molar-refractivity contribution in [2.75, 3.05) is 11.9 Å². The lowest BCUT2D eigenvalue weighted by molar-refractivity contribution is 0.0977. The van der Waals surface area contributed by atoms with Crippen LogP contribution in [0.1, 0.15) is 30.6 Å². The van der Waals surface area contributed by atoms with Crippen molar-refractivity contribution in [2.45, 2.75) is 20.3 Å². The minimum Gasteiger partial charge on any atom is -0.492 e. The Labute approximate surface area is 166 Å². The van der Waals surface area contributed by atoms with Crippen molar-refractivity contribution in [3.8, 4) is 5.75 Å². The van der Waals surface area contributed by atoms with E-state index in [1.165, 1.54) is 24.3 Å². The maximum absolute atomic E-state index is 12.9. The summed E-state index contributed by atoms with van der Waals surface area (Å²) in [5.74, 6) is 0.563. The van der Waals surface area contributed by atoms with Crippen LogP contribution in [0.25, 0.3) is 0 Å². The molecule has 0 atom stereocenters. The predicted octanol–water partition coefficient (Wildman–Crippen LogP) is 5.14. The minimum atomic E-state index is -0.348. The van der Waals surface area contributed by atoms with Crippen LogP contribution < -0.4 is 15.4 Å². The number of anilines is 1. The number of carbonyl (C=O) groups excluding carboxylic acids is 1. The summed E-state index contributed by atoms with van der Waals surface area (Å²) in [6.45, 7) is 4.89. The first-order valence-electron chi connectivity index (χ1n) is 8.15. The van der Waals surface area contributed by atoms with Gasteiger partial charge >= 0.3 is 0 Å². The van der Waals surface area contributed by atoms with Crippen molar-refractivity contribution in [1.82, 2.24) is 5.32 Å². The van der Waals surface area contributed by atoms with Gasteiger partial charge in [-0.05, 0) is 83.0 Å². The standard InChI is InChI=1S/C19H20BrFN2O2S/c1-12(2)9-10-25-17-8-3-13(11-16(17)20)18(24)23-19(26)22-15-6-4-14(21)5-7-15/h3-8,11-12H,9-10H2,1-2H3,(H2,22,23,24,26). The summed E-state index contributed by atoms with van der Waals surface area (Å²) >= 11 is 8.53. The average Bonchev–Trinajstić information content (AvgIpc) is 2.58. The number of hydrogen-bond donors (Lipinski definition) is 2. The Morgan fingerprint density at radius 1 is 1.23 bits per heavy atom. The molecule has 4 nitrogen and oxygen atoms in total. The van der Waals surface area contributed by atoms with Crippen molar-refractivity contribution >= 4 is 44.9 Å². The summed E-state index contributed by atoms with van der Waals surface area (Å²) < 4.78 is 19.3. The maximum atomic E-state index is 12.9. The van der Waals surface area contributed by atoms with E-state index in [4.69, 9.17) is 17.0 Å². The number of halogens is 2. The van der Waals surface area contributed by atoms with Crippen LogP contribution >= 0.6 is 28.1 Å². The Bertz CT molecular complexity index is 782. The van der Waals surface area contributed by atoms with E-state index in [0.29, 0.717) is 34.0 Å². The monoisotopic (exact) mass is 438 g/mol. The van der Waals surface area contributed by atoms with Crippen LogP contribution in [0, 0.1) is 11.7 Å². The second kappa shape index (κ2) is 9.64. The average molecular weight is 439 g/mol. The van der Waals surface area contributed by atoms with Gasteiger partial charge in [-0.3, -0.25) is 10.1 Å². The van der Waals surface area contributed by atoms with Gasteiger partial charge in [0.15, 0.2) is 5.11 Å². The fraction of sp³-hybridized carbons (Fsp3) is 0.263. The van der Waals surface area contributed by atoms with E-state index >= 15 is 0 Å². The molecule has 0 saturated heterocycles. The Hall–Kier alpha value is -1.99. The first kappa shape index (κ1) is 20.3. The highest BCUT2D eigenvalue weighted by atomic mass is 79.9. The number of amides is 1. The largest absolute Gasteiger partial charge is 0.492 e. The van der Waals surface area contributed by atoms with Gasteiger partial charge in [-0.25, -0.2) is 4.39 Å². The third-order valence-electron chi connectivity index (χ3n) is 3.48. The molecule has 7 heteroatoms. The fourth-order valence-electron chi connectivity index (χ4n) is 2.03. The molecule has 0 saturated carbocycles. The highest BCUT2D eigenvalue weighted by Crippen LogP contribution is 2.26. The molecule has 2 aromatic rings. The molecule has 0 radical (unpaired) electrons. The lowest BCUT2D eigenvalue weighted by atomic mass is 10.1. The van der Waals surface area contributed by atoms with E-state index in [9.17, 15) is 9.18 Å². The van der Waals surface area contributed by atoms with Gasteiger partial charge < -0.3 is 10.1 Å². The number of carbonyl (C=O) groups is 1. The van der Waals surface area contributed by atoms with Crippen LogP contribution in [0.2, 0.25) is 0 Å². The van der Waals surface area contributed by atoms with Crippen molar-refractivity contribution in [3.05, 3.63) is 58.3 Å². The fourth-order valence-corrected chi connectivity index (χ4v) is 2.74. The zero-order chi connectivity index (χ0) is 19.1. The predicted molar refractivity (Wildman–Crippen MR) is 109 cm³/mol. The smallest absolute Gasteiger partial charge is 0.257 e. The molecule has 0 aliphatic rings. The second-order valence-electron chi connectivity index (χ2n) is 6.09. The topological polar surface area (TPSA) is 50.4 Å². The molecule has 0 spiro atoms. The second-order valence-corrected chi connectivity index (χ2v) is 7.35. The number of hydrogen-bond acceptors (Lipinski definition) is 3. The molecule has 0 unspecified atom stereocenters. The Morgan fingerprint density at radius 2 is 1.92 bits per heavy atom. The zero-order valence-corrected chi connectivity index (χ0v) is 16.9. The Morgan fingerprint density at radius 3 is 2.54 bits per heavy atom. The van der Waals surface area contributed by atoms with Crippen LogP contribution in [-0.4, -0.2) is 17.6 Å². The van der Waals surface area contributed by atoms with Crippen molar-refractivity contribution in [3.63, 3.8) is 0 Å². The Kier molecular flexibility index (Phi) is 7.53. The van der Waals surface area contributed by atoms with Crippen LogP contribution in [-0.2, 0) is 0 Å². The minimum absolute atomic E-state index is 0.134. The van der Waals surface area contributed by atoms with Gasteiger partial charge in [-0.15, -0.1) is 0 Å². The third-order valence-corrected chi connectivity index (χ3v) is 4.30. The first-order valence-corrected chi connectivity index (χ1v) is 9.35. The third kappa shape index (κ3) is 6.38. The molecule has 26 heavy (non-hydrogen) atoms. The number of ether oxygens (including phenoxy) is 1. The molecule has 2 rings (SSSR count). The molecule has 2 N–H and O–H groups in total. The van der Waals surface area contributed by atoms with Crippen molar-refractivity contribution in [2.24, 2.45) is 5.92 Å². The van der Waals surface area contributed by atoms with E-state index in [1.54, 1.807) is 18.2 Å². The molecular formula is C19H20BrFN2O2S. The molecular weight excluding hydrogens is 419 g/mol. The van der Waals surface area contributed by atoms with Gasteiger partial charge in [-0.2, -0.15) is 0 Å². The van der Waals surface area contributed by atoms with E-state index in [0.717, 1.165) is 6.42 Å². The van der Waals surface area contributed by atoms with Crippen molar-refractivity contribution < 1.29 is 13.9 Å². The summed E-state index contributed by atoms with van der Waals surface area (Å²) in [6.07, 6.45) is 0.956. The van der Waals surface area contributed by atoms with Gasteiger partial charge in [0.05, 0.1) is 11.1 Å². The molecule has 0 aromatic heterocycles. The maximum Gasteiger partial charge on any atom is 0.257 e. The quantitative estimate of drug-likeness (QED) is 0.612. The first-order chi connectivity index (χ1) is 12.3. The molecule has 1 amide bonds. The van der Waals surface area contributed by atoms with Gasteiger partial charge in [0, 0.05) is 11.3 Å². The molecule has 0 heterocycles. The van der Waals surface area contributed by atoms with E-state index in [-0.39, 0.29) is 16.8 Å². The number of benzene rings is 2. The van der Waals surface area contributed by atoms with Gasteiger partial charge in [0.1, 0.15) is 11.6 Å². The summed E-state index contributed by atoms with van der Waals surface area (Å²) in [6, 6.07) is 10.8. The van der Waals surface area contributed by atoms with Gasteiger partial charge in [0.2, 0.25) is 0 Å². The number of thiocarbonyl (C=S) groups is 1. The van der Waals surface area contributed by atoms with Crippen LogP contribution in [0.4, 0.5) is 10.1 Å². The SMILES string of the molecule is CC(C)CCOc1ccc(C(=O)NC(=S)Nc2ccc(F)cc2)cc1Br. The van der Waals surface area contributed by atoms with Crippen molar-refractivity contribution in [1.29, 1.82) is 0 Å². The summed E-state index contributed by atoms with van der Waals surface area (Å²) in [7, 11) is 0. The van der Waals surface area contributed by atoms with Crippen LogP contribution in [0.5, 0.6) is 5.75 Å². The summed E-state index contributed by atoms with van der Waals surface area (Å²) in [5, 5.41) is 5.56.